The lowest BCUT2D eigenvalue weighted by atomic mass is 10.1. The first-order valence-corrected chi connectivity index (χ1v) is 12.9. The zero-order chi connectivity index (χ0) is 26.9. The number of hydrogen-bond acceptors (Lipinski definition) is 7. The first-order chi connectivity index (χ1) is 18.2. The van der Waals surface area contributed by atoms with Crippen LogP contribution in [0.3, 0.4) is 0 Å². The van der Waals surface area contributed by atoms with E-state index in [1.807, 2.05) is 11.0 Å². The summed E-state index contributed by atoms with van der Waals surface area (Å²) in [4.78, 5) is 21.9. The summed E-state index contributed by atoms with van der Waals surface area (Å²) in [6.45, 7) is 8.06. The van der Waals surface area contributed by atoms with Crippen molar-refractivity contribution in [1.29, 1.82) is 0 Å². The number of rotatable bonds is 5. The van der Waals surface area contributed by atoms with Gasteiger partial charge >= 0.3 is 6.18 Å². The third kappa shape index (κ3) is 5.63. The first-order valence-electron chi connectivity index (χ1n) is 12.6. The summed E-state index contributed by atoms with van der Waals surface area (Å²) in [6.07, 6.45) is -3.10. The van der Waals surface area contributed by atoms with E-state index in [9.17, 15) is 17.6 Å². The van der Waals surface area contributed by atoms with Gasteiger partial charge in [-0.2, -0.15) is 18.2 Å². The molecule has 0 amide bonds. The SMILES string of the molecule is CCN1CCN(c2nc(-c3ccc(F)c(Cl)c3)cc(N3CCN(c4ncccc4C(F)(F)F)CC3)n2)CC1. The van der Waals surface area contributed by atoms with E-state index in [0.29, 0.717) is 49.2 Å². The van der Waals surface area contributed by atoms with Crippen molar-refractivity contribution in [2.45, 2.75) is 13.1 Å². The second-order valence-corrected chi connectivity index (χ2v) is 9.72. The van der Waals surface area contributed by atoms with E-state index in [1.54, 1.807) is 17.0 Å². The molecule has 3 aromatic rings. The molecule has 2 aliphatic heterocycles. The van der Waals surface area contributed by atoms with Crippen LogP contribution in [0.2, 0.25) is 5.02 Å². The minimum absolute atomic E-state index is 0.00483. The zero-order valence-corrected chi connectivity index (χ0v) is 21.7. The van der Waals surface area contributed by atoms with Crippen LogP contribution >= 0.6 is 11.6 Å². The number of nitrogens with zero attached hydrogens (tertiary/aromatic N) is 7. The molecule has 12 heteroatoms. The summed E-state index contributed by atoms with van der Waals surface area (Å²) in [5.41, 5.74) is 0.534. The number of alkyl halides is 3. The minimum Gasteiger partial charge on any atom is -0.353 e. The fourth-order valence-electron chi connectivity index (χ4n) is 4.81. The van der Waals surface area contributed by atoms with Gasteiger partial charge in [0.1, 0.15) is 17.5 Å². The molecular weight excluding hydrogens is 522 g/mol. The van der Waals surface area contributed by atoms with Crippen LogP contribution in [0.5, 0.6) is 0 Å². The van der Waals surface area contributed by atoms with Crippen molar-refractivity contribution in [3.63, 3.8) is 0 Å². The van der Waals surface area contributed by atoms with Gasteiger partial charge in [-0.15, -0.1) is 0 Å². The normalized spacial score (nSPS) is 17.3. The number of likely N-dealkylation sites (N-methyl/N-ethyl adjacent to an activating group) is 1. The fraction of sp³-hybridized carbons (Fsp3) is 0.423. The molecule has 0 N–H and O–H groups in total. The molecule has 2 saturated heterocycles. The Morgan fingerprint density at radius 3 is 2.21 bits per heavy atom. The summed E-state index contributed by atoms with van der Waals surface area (Å²) in [6, 6.07) is 8.66. The van der Waals surface area contributed by atoms with E-state index in [0.717, 1.165) is 38.8 Å². The molecular formula is C26H28ClF4N7. The molecule has 1 aromatic carbocycles. The van der Waals surface area contributed by atoms with Gasteiger partial charge in [0.25, 0.3) is 0 Å². The quantitative estimate of drug-likeness (QED) is 0.423. The van der Waals surface area contributed by atoms with E-state index < -0.39 is 17.6 Å². The Kier molecular flexibility index (Phi) is 7.58. The molecule has 0 radical (unpaired) electrons. The van der Waals surface area contributed by atoms with Gasteiger partial charge in [-0.05, 0) is 36.9 Å². The Hall–Kier alpha value is -3.18. The molecule has 0 unspecified atom stereocenters. The molecule has 0 saturated carbocycles. The van der Waals surface area contributed by atoms with Gasteiger partial charge in [0.05, 0.1) is 16.3 Å². The topological polar surface area (TPSA) is 51.6 Å². The van der Waals surface area contributed by atoms with Gasteiger partial charge in [0.15, 0.2) is 0 Å². The molecule has 0 bridgehead atoms. The van der Waals surface area contributed by atoms with Crippen LogP contribution in [0.1, 0.15) is 12.5 Å². The predicted molar refractivity (Wildman–Crippen MR) is 140 cm³/mol. The summed E-state index contributed by atoms with van der Waals surface area (Å²) in [5.74, 6) is 0.670. The van der Waals surface area contributed by atoms with Crippen molar-refractivity contribution in [1.82, 2.24) is 19.9 Å². The third-order valence-electron chi connectivity index (χ3n) is 7.01. The monoisotopic (exact) mass is 549 g/mol. The Bertz CT molecular complexity index is 1270. The molecule has 0 spiro atoms. The smallest absolute Gasteiger partial charge is 0.353 e. The minimum atomic E-state index is -4.48. The molecule has 0 atom stereocenters. The van der Waals surface area contributed by atoms with Crippen molar-refractivity contribution >= 4 is 29.2 Å². The zero-order valence-electron chi connectivity index (χ0n) is 20.9. The fourth-order valence-corrected chi connectivity index (χ4v) is 4.99. The van der Waals surface area contributed by atoms with E-state index in [-0.39, 0.29) is 10.8 Å². The lowest BCUT2D eigenvalue weighted by Crippen LogP contribution is -2.48. The number of halogens is 5. The first kappa shape index (κ1) is 26.4. The largest absolute Gasteiger partial charge is 0.419 e. The number of anilines is 3. The highest BCUT2D eigenvalue weighted by molar-refractivity contribution is 6.31. The van der Waals surface area contributed by atoms with Crippen LogP contribution in [0, 0.1) is 5.82 Å². The molecule has 4 heterocycles. The van der Waals surface area contributed by atoms with Crippen LogP contribution in [-0.2, 0) is 6.18 Å². The van der Waals surface area contributed by atoms with Gasteiger partial charge in [-0.3, -0.25) is 0 Å². The maximum absolute atomic E-state index is 13.8. The summed E-state index contributed by atoms with van der Waals surface area (Å²) >= 11 is 6.06. The van der Waals surface area contributed by atoms with Gasteiger partial charge in [0, 0.05) is 70.2 Å². The summed E-state index contributed by atoms with van der Waals surface area (Å²) in [7, 11) is 0. The van der Waals surface area contributed by atoms with Gasteiger partial charge in [-0.1, -0.05) is 18.5 Å². The maximum Gasteiger partial charge on any atom is 0.419 e. The number of hydrogen-bond donors (Lipinski definition) is 0. The van der Waals surface area contributed by atoms with Gasteiger partial charge < -0.3 is 19.6 Å². The molecule has 2 fully saturated rings. The Balaban J connectivity index is 1.42. The van der Waals surface area contributed by atoms with Crippen LogP contribution in [0.15, 0.2) is 42.6 Å². The van der Waals surface area contributed by atoms with Crippen molar-refractivity contribution in [2.75, 3.05) is 73.6 Å². The van der Waals surface area contributed by atoms with Gasteiger partial charge in [0.2, 0.25) is 5.95 Å². The Morgan fingerprint density at radius 2 is 1.55 bits per heavy atom. The van der Waals surface area contributed by atoms with Gasteiger partial charge in [-0.25, -0.2) is 14.4 Å². The molecule has 0 aliphatic carbocycles. The standard InChI is InChI=1S/C26H28ClF4N7/c1-2-35-8-10-38(11-9-35)25-33-22(18-5-6-21(28)20(27)16-18)17-23(34-25)36-12-14-37(15-13-36)24-19(26(29,30)31)4-3-7-32-24/h3-7,16-17H,2,8-15H2,1H3. The van der Waals surface area contributed by atoms with Crippen molar-refractivity contribution < 1.29 is 17.6 Å². The Labute approximate surface area is 223 Å². The van der Waals surface area contributed by atoms with Crippen LogP contribution in [0.4, 0.5) is 35.1 Å². The summed E-state index contributed by atoms with van der Waals surface area (Å²) in [5, 5.41) is 0.00483. The highest BCUT2D eigenvalue weighted by Gasteiger charge is 2.36. The number of benzene rings is 1. The molecule has 7 nitrogen and oxygen atoms in total. The van der Waals surface area contributed by atoms with Crippen molar-refractivity contribution in [3.05, 3.63) is 59.0 Å². The van der Waals surface area contributed by atoms with E-state index in [4.69, 9.17) is 21.6 Å². The Morgan fingerprint density at radius 1 is 0.868 bits per heavy atom. The second-order valence-electron chi connectivity index (χ2n) is 9.31. The highest BCUT2D eigenvalue weighted by atomic mass is 35.5. The maximum atomic E-state index is 13.8. The van der Waals surface area contributed by atoms with Crippen LogP contribution in [-0.4, -0.2) is 78.8 Å². The number of pyridine rings is 1. The van der Waals surface area contributed by atoms with E-state index >= 15 is 0 Å². The van der Waals surface area contributed by atoms with E-state index in [1.165, 1.54) is 18.3 Å². The lowest BCUT2D eigenvalue weighted by Gasteiger charge is -2.38. The summed E-state index contributed by atoms with van der Waals surface area (Å²) < 4.78 is 54.5. The predicted octanol–water partition coefficient (Wildman–Crippen LogP) is 4.82. The number of aromatic nitrogens is 3. The molecule has 2 aliphatic rings. The molecule has 5 rings (SSSR count). The average Bonchev–Trinajstić information content (AvgIpc) is 2.94. The van der Waals surface area contributed by atoms with Crippen LogP contribution in [0.25, 0.3) is 11.3 Å². The van der Waals surface area contributed by atoms with Crippen molar-refractivity contribution in [3.8, 4) is 11.3 Å². The average molecular weight is 550 g/mol. The van der Waals surface area contributed by atoms with E-state index in [2.05, 4.69) is 21.7 Å². The number of piperazine rings is 2. The highest BCUT2D eigenvalue weighted by Crippen LogP contribution is 2.36. The van der Waals surface area contributed by atoms with Crippen LogP contribution < -0.4 is 14.7 Å². The molecule has 2 aromatic heterocycles. The second kappa shape index (κ2) is 10.9. The molecule has 38 heavy (non-hydrogen) atoms. The third-order valence-corrected chi connectivity index (χ3v) is 7.30. The lowest BCUT2D eigenvalue weighted by molar-refractivity contribution is -0.137. The van der Waals surface area contributed by atoms with Crippen molar-refractivity contribution in [2.24, 2.45) is 0 Å². The molecule has 202 valence electrons.